The molecule has 88 valence electrons. The first-order valence-electron chi connectivity index (χ1n) is 4.93. The van der Waals surface area contributed by atoms with Crippen LogP contribution in [-0.2, 0) is 14.9 Å². The summed E-state index contributed by atoms with van der Waals surface area (Å²) in [6.07, 6.45) is 0.745. The summed E-state index contributed by atoms with van der Waals surface area (Å²) in [6.45, 7) is 2.75. The Morgan fingerprint density at radius 3 is 2.75 bits per heavy atom. The maximum absolute atomic E-state index is 12.1. The average molecular weight is 306 g/mol. The molecule has 1 aromatic carbocycles. The molecule has 0 N–H and O–H groups in total. The highest BCUT2D eigenvalue weighted by Gasteiger charge is 2.28. The summed E-state index contributed by atoms with van der Waals surface area (Å²) >= 11 is 3.34. The van der Waals surface area contributed by atoms with Crippen LogP contribution in [-0.4, -0.2) is 26.0 Å². The first kappa shape index (κ1) is 12.0. The fourth-order valence-electron chi connectivity index (χ4n) is 1.51. The molecule has 0 radical (unpaired) electrons. The van der Waals surface area contributed by atoms with E-state index in [1.807, 2.05) is 6.92 Å². The lowest BCUT2D eigenvalue weighted by atomic mass is 10.2. The maximum atomic E-state index is 12.1. The van der Waals surface area contributed by atoms with Crippen LogP contribution in [0.4, 0.5) is 0 Å². The van der Waals surface area contributed by atoms with Gasteiger partial charge in [0.25, 0.3) is 10.0 Å². The molecule has 4 nitrogen and oxygen atoms in total. The average Bonchev–Trinajstić information content (AvgIpc) is 2.75. The van der Waals surface area contributed by atoms with Gasteiger partial charge in [0, 0.05) is 11.0 Å². The van der Waals surface area contributed by atoms with Gasteiger partial charge in [-0.05, 0) is 37.1 Å². The fourth-order valence-corrected chi connectivity index (χ4v) is 3.14. The van der Waals surface area contributed by atoms with Crippen LogP contribution in [0.3, 0.4) is 0 Å². The number of hydrogen-bond acceptors (Lipinski definition) is 3. The zero-order chi connectivity index (χ0) is 11.8. The van der Waals surface area contributed by atoms with E-state index in [1.54, 1.807) is 18.2 Å². The van der Waals surface area contributed by atoms with Crippen molar-refractivity contribution < 1.29 is 13.3 Å². The molecule has 6 heteroatoms. The SMILES string of the molecule is Cc1cc(S(=O)(=O)N2CCCO2)ccc1Br. The highest BCUT2D eigenvalue weighted by Crippen LogP contribution is 2.24. The van der Waals surface area contributed by atoms with Crippen molar-refractivity contribution in [2.24, 2.45) is 0 Å². The van der Waals surface area contributed by atoms with Crippen molar-refractivity contribution in [3.63, 3.8) is 0 Å². The molecular weight excluding hydrogens is 294 g/mol. The van der Waals surface area contributed by atoms with Crippen LogP contribution < -0.4 is 0 Å². The Kier molecular flexibility index (Phi) is 3.34. The standard InChI is InChI=1S/C10H12BrNO3S/c1-8-7-9(3-4-10(8)11)16(13,14)12-5-2-6-15-12/h3-4,7H,2,5-6H2,1H3. The van der Waals surface area contributed by atoms with Gasteiger partial charge in [0.15, 0.2) is 0 Å². The molecule has 16 heavy (non-hydrogen) atoms. The molecule has 0 spiro atoms. The van der Waals surface area contributed by atoms with Crippen LogP contribution in [0.15, 0.2) is 27.6 Å². The zero-order valence-electron chi connectivity index (χ0n) is 8.81. The van der Waals surface area contributed by atoms with Crippen LogP contribution >= 0.6 is 15.9 Å². The third kappa shape index (κ3) is 2.15. The van der Waals surface area contributed by atoms with E-state index in [-0.39, 0.29) is 4.90 Å². The van der Waals surface area contributed by atoms with Crippen LogP contribution in [0.25, 0.3) is 0 Å². The smallest absolute Gasteiger partial charge is 0.265 e. The van der Waals surface area contributed by atoms with Gasteiger partial charge in [-0.1, -0.05) is 20.4 Å². The minimum atomic E-state index is -3.49. The highest BCUT2D eigenvalue weighted by atomic mass is 79.9. The molecule has 1 aliphatic rings. The second kappa shape index (κ2) is 4.44. The number of halogens is 1. The molecule has 0 bridgehead atoms. The third-order valence-electron chi connectivity index (χ3n) is 2.42. The Morgan fingerprint density at radius 2 is 2.19 bits per heavy atom. The van der Waals surface area contributed by atoms with Gasteiger partial charge in [0.1, 0.15) is 0 Å². The normalized spacial score (nSPS) is 17.9. The van der Waals surface area contributed by atoms with E-state index in [0.29, 0.717) is 13.2 Å². The molecule has 0 aromatic heterocycles. The van der Waals surface area contributed by atoms with Crippen molar-refractivity contribution in [2.45, 2.75) is 18.2 Å². The number of rotatable bonds is 2. The van der Waals surface area contributed by atoms with Gasteiger partial charge >= 0.3 is 0 Å². The lowest BCUT2D eigenvalue weighted by Crippen LogP contribution is -2.26. The number of sulfonamides is 1. The van der Waals surface area contributed by atoms with E-state index in [0.717, 1.165) is 20.9 Å². The van der Waals surface area contributed by atoms with Gasteiger partial charge in [-0.15, -0.1) is 0 Å². The van der Waals surface area contributed by atoms with Crippen molar-refractivity contribution in [1.29, 1.82) is 0 Å². The molecule has 1 heterocycles. The Bertz CT molecular complexity index is 495. The Morgan fingerprint density at radius 1 is 1.44 bits per heavy atom. The van der Waals surface area contributed by atoms with E-state index in [9.17, 15) is 8.42 Å². The van der Waals surface area contributed by atoms with Crippen molar-refractivity contribution >= 4 is 26.0 Å². The topological polar surface area (TPSA) is 46.6 Å². The second-order valence-electron chi connectivity index (χ2n) is 3.63. The first-order valence-corrected chi connectivity index (χ1v) is 7.17. The number of nitrogens with zero attached hydrogens (tertiary/aromatic N) is 1. The number of aryl methyl sites for hydroxylation is 1. The molecule has 1 aliphatic heterocycles. The Labute approximate surface area is 103 Å². The Hall–Kier alpha value is -0.430. The fraction of sp³-hybridized carbons (Fsp3) is 0.400. The van der Waals surface area contributed by atoms with E-state index in [4.69, 9.17) is 4.84 Å². The van der Waals surface area contributed by atoms with Crippen molar-refractivity contribution in [1.82, 2.24) is 4.47 Å². The lowest BCUT2D eigenvalue weighted by molar-refractivity contribution is -0.0284. The molecule has 1 saturated heterocycles. The third-order valence-corrected chi connectivity index (χ3v) is 4.98. The number of hydroxylamine groups is 1. The van der Waals surface area contributed by atoms with Gasteiger partial charge in [-0.25, -0.2) is 8.42 Å². The summed E-state index contributed by atoms with van der Waals surface area (Å²) < 4.78 is 26.1. The van der Waals surface area contributed by atoms with Crippen LogP contribution in [0.1, 0.15) is 12.0 Å². The molecule has 0 aliphatic carbocycles. The van der Waals surface area contributed by atoms with E-state index < -0.39 is 10.0 Å². The van der Waals surface area contributed by atoms with Crippen LogP contribution in [0.5, 0.6) is 0 Å². The molecule has 0 amide bonds. The van der Waals surface area contributed by atoms with Crippen molar-refractivity contribution in [3.05, 3.63) is 28.2 Å². The summed E-state index contributed by atoms with van der Waals surface area (Å²) in [4.78, 5) is 5.35. The predicted octanol–water partition coefficient (Wildman–Crippen LogP) is 2.08. The predicted molar refractivity (Wildman–Crippen MR) is 63.3 cm³/mol. The van der Waals surface area contributed by atoms with E-state index in [2.05, 4.69) is 15.9 Å². The summed E-state index contributed by atoms with van der Waals surface area (Å²) in [5.74, 6) is 0. The van der Waals surface area contributed by atoms with Crippen molar-refractivity contribution in [2.75, 3.05) is 13.2 Å². The minimum Gasteiger partial charge on any atom is -0.284 e. The molecule has 1 fully saturated rings. The van der Waals surface area contributed by atoms with Gasteiger partial charge in [-0.3, -0.25) is 4.84 Å². The monoisotopic (exact) mass is 305 g/mol. The largest absolute Gasteiger partial charge is 0.284 e. The zero-order valence-corrected chi connectivity index (χ0v) is 11.2. The highest BCUT2D eigenvalue weighted by molar-refractivity contribution is 9.10. The molecule has 0 unspecified atom stereocenters. The summed E-state index contributed by atoms with van der Waals surface area (Å²) in [7, 11) is -3.49. The molecular formula is C10H12BrNO3S. The summed E-state index contributed by atoms with van der Waals surface area (Å²) in [5, 5.41) is 0. The van der Waals surface area contributed by atoms with Gasteiger partial charge in [-0.2, -0.15) is 0 Å². The molecule has 2 rings (SSSR count). The Balaban J connectivity index is 2.39. The maximum Gasteiger partial charge on any atom is 0.265 e. The lowest BCUT2D eigenvalue weighted by Gasteiger charge is -2.14. The van der Waals surface area contributed by atoms with Gasteiger partial charge in [0.2, 0.25) is 0 Å². The van der Waals surface area contributed by atoms with Gasteiger partial charge < -0.3 is 0 Å². The number of hydrogen-bond donors (Lipinski definition) is 0. The number of benzene rings is 1. The second-order valence-corrected chi connectivity index (χ2v) is 6.31. The van der Waals surface area contributed by atoms with Gasteiger partial charge in [0.05, 0.1) is 11.5 Å². The molecule has 0 atom stereocenters. The molecule has 1 aromatic rings. The minimum absolute atomic E-state index is 0.273. The van der Waals surface area contributed by atoms with Crippen LogP contribution in [0.2, 0.25) is 0 Å². The van der Waals surface area contributed by atoms with Crippen molar-refractivity contribution in [3.8, 4) is 0 Å². The van der Waals surface area contributed by atoms with E-state index in [1.165, 1.54) is 0 Å². The van der Waals surface area contributed by atoms with Crippen LogP contribution in [0, 0.1) is 6.92 Å². The van der Waals surface area contributed by atoms with E-state index >= 15 is 0 Å². The first-order chi connectivity index (χ1) is 7.51. The quantitative estimate of drug-likeness (QED) is 0.840. The summed E-state index contributed by atoms with van der Waals surface area (Å²) in [5.41, 5.74) is 0.889. The molecule has 0 saturated carbocycles. The summed E-state index contributed by atoms with van der Waals surface area (Å²) in [6, 6.07) is 4.95.